The summed E-state index contributed by atoms with van der Waals surface area (Å²) in [4.78, 5) is 25.5. The molecule has 1 unspecified atom stereocenters. The van der Waals surface area contributed by atoms with Crippen LogP contribution in [0.2, 0.25) is 10.0 Å². The fourth-order valence-electron chi connectivity index (χ4n) is 6.10. The summed E-state index contributed by atoms with van der Waals surface area (Å²) in [7, 11) is -8.32. The Kier molecular flexibility index (Phi) is 7.72. The van der Waals surface area contributed by atoms with E-state index in [1.807, 2.05) is 6.92 Å². The summed E-state index contributed by atoms with van der Waals surface area (Å²) in [6.07, 6.45) is 0.325. The van der Waals surface area contributed by atoms with Crippen LogP contribution in [0.1, 0.15) is 24.8 Å². The lowest BCUT2D eigenvalue weighted by molar-refractivity contribution is -0.153. The molecule has 4 N–H and O–H groups in total. The van der Waals surface area contributed by atoms with Crippen LogP contribution in [0.5, 0.6) is 11.5 Å². The van der Waals surface area contributed by atoms with Gasteiger partial charge in [0, 0.05) is 21.1 Å². The Morgan fingerprint density at radius 1 is 0.956 bits per heavy atom. The molecule has 3 aromatic rings. The van der Waals surface area contributed by atoms with Gasteiger partial charge in [0.25, 0.3) is 21.8 Å². The van der Waals surface area contributed by atoms with E-state index in [1.165, 1.54) is 18.2 Å². The number of hydrogen-bond acceptors (Lipinski definition) is 8. The summed E-state index contributed by atoms with van der Waals surface area (Å²) in [5.41, 5.74) is -0.0281. The smallest absolute Gasteiger partial charge is 0.264 e. The van der Waals surface area contributed by atoms with Gasteiger partial charge in [0.2, 0.25) is 10.0 Å². The third-order valence-electron chi connectivity index (χ3n) is 8.15. The lowest BCUT2D eigenvalue weighted by atomic mass is 9.44. The number of nitrogens with two attached hydrogens (primary N) is 1. The highest BCUT2D eigenvalue weighted by atomic mass is 35.5. The van der Waals surface area contributed by atoms with E-state index in [1.54, 1.807) is 18.2 Å². The van der Waals surface area contributed by atoms with Crippen molar-refractivity contribution >= 4 is 60.8 Å². The van der Waals surface area contributed by atoms with Crippen LogP contribution in [0.15, 0.2) is 70.5 Å². The Labute approximate surface area is 269 Å². The average molecular weight is 696 g/mol. The summed E-state index contributed by atoms with van der Waals surface area (Å²) in [5.74, 6) is -0.137. The molecular weight excluding hydrogens is 667 g/mol. The van der Waals surface area contributed by atoms with Gasteiger partial charge in [-0.25, -0.2) is 22.0 Å². The van der Waals surface area contributed by atoms with Gasteiger partial charge in [-0.2, -0.15) is 0 Å². The number of hydrogen-bond donors (Lipinski definition) is 3. The van der Waals surface area contributed by atoms with Crippen LogP contribution in [-0.4, -0.2) is 59.0 Å². The van der Waals surface area contributed by atoms with Crippen molar-refractivity contribution in [2.75, 3.05) is 17.5 Å². The third kappa shape index (κ3) is 6.04. The number of carbonyl (C=O) groups excluding carboxylic acids is 2. The zero-order valence-corrected chi connectivity index (χ0v) is 26.9. The highest BCUT2D eigenvalue weighted by Gasteiger charge is 2.69. The van der Waals surface area contributed by atoms with Crippen molar-refractivity contribution in [1.29, 1.82) is 0 Å². The number of rotatable bonds is 9. The normalized spacial score (nSPS) is 23.5. The SMILES string of the molecule is Cc1cc(OCC(=O)NC23CC(NC(=O)C4CN(S(=O)(=O)c5ccc(S(N)(=O)=O)cc5)c5cc(Cl)ccc5O4)(C2)C3)ccc1Cl. The molecule has 3 aliphatic carbocycles. The number of nitrogens with zero attached hydrogens (tertiary/aromatic N) is 1. The average Bonchev–Trinajstić information content (AvgIpc) is 2.95. The van der Waals surface area contributed by atoms with Crippen molar-refractivity contribution in [3.63, 3.8) is 0 Å². The molecule has 0 saturated heterocycles. The summed E-state index contributed by atoms with van der Waals surface area (Å²) < 4.78 is 63.3. The van der Waals surface area contributed by atoms with Crippen LogP contribution in [0, 0.1) is 6.92 Å². The Hall–Kier alpha value is -3.56. The number of sulfonamides is 2. The molecule has 3 saturated carbocycles. The number of amides is 2. The van der Waals surface area contributed by atoms with Crippen molar-refractivity contribution in [2.45, 2.75) is 53.2 Å². The first-order chi connectivity index (χ1) is 21.1. The van der Waals surface area contributed by atoms with Crippen LogP contribution < -0.4 is 29.6 Å². The molecule has 0 radical (unpaired) electrons. The minimum Gasteiger partial charge on any atom is -0.484 e. The maximum atomic E-state index is 13.7. The zero-order valence-electron chi connectivity index (χ0n) is 23.7. The van der Waals surface area contributed by atoms with E-state index in [2.05, 4.69) is 10.6 Å². The fraction of sp³-hybridized carbons (Fsp3) is 0.310. The number of fused-ring (bicyclic) bond motifs is 1. The van der Waals surface area contributed by atoms with Crippen LogP contribution in [0.4, 0.5) is 5.69 Å². The first-order valence-corrected chi connectivity index (χ1v) is 17.5. The zero-order chi connectivity index (χ0) is 32.4. The standard InChI is InChI=1S/C29H28Cl2N4O8S2/c1-17-10-19(3-8-22(17)31)42-13-26(36)33-28-14-29(15-28,16-28)34-27(37)25-12-35(23-11-18(30)2-9-24(23)43-25)45(40,41)21-6-4-20(5-7-21)44(32,38)39/h2-11,25H,12-16H2,1H3,(H,33,36)(H,34,37)(H2,32,38,39). The number of nitrogens with one attached hydrogen (secondary N) is 2. The lowest BCUT2D eigenvalue weighted by Crippen LogP contribution is -2.84. The second-order valence-corrected chi connectivity index (χ2v) is 15.9. The number of anilines is 1. The minimum absolute atomic E-state index is 0.130. The van der Waals surface area contributed by atoms with Gasteiger partial charge < -0.3 is 20.1 Å². The number of benzene rings is 3. The number of ether oxygens (including phenoxy) is 2. The van der Waals surface area contributed by atoms with E-state index in [4.69, 9.17) is 37.8 Å². The van der Waals surface area contributed by atoms with E-state index in [-0.39, 0.29) is 45.3 Å². The molecular formula is C29H28Cl2N4O8S2. The van der Waals surface area contributed by atoms with Crippen LogP contribution in [0.3, 0.4) is 0 Å². The molecule has 1 aliphatic heterocycles. The van der Waals surface area contributed by atoms with E-state index in [0.717, 1.165) is 34.1 Å². The molecule has 0 aromatic heterocycles. The molecule has 1 atom stereocenters. The predicted octanol–water partition coefficient (Wildman–Crippen LogP) is 2.89. The Morgan fingerprint density at radius 2 is 1.60 bits per heavy atom. The summed E-state index contributed by atoms with van der Waals surface area (Å²) >= 11 is 12.2. The first-order valence-electron chi connectivity index (χ1n) is 13.7. The first kappa shape index (κ1) is 31.4. The molecule has 2 bridgehead atoms. The van der Waals surface area contributed by atoms with Gasteiger partial charge >= 0.3 is 0 Å². The Bertz CT molecular complexity index is 1920. The summed E-state index contributed by atoms with van der Waals surface area (Å²) in [6.45, 7) is 1.31. The second-order valence-electron chi connectivity index (χ2n) is 11.6. The largest absolute Gasteiger partial charge is 0.484 e. The molecule has 0 spiro atoms. The highest BCUT2D eigenvalue weighted by molar-refractivity contribution is 7.93. The Balaban J connectivity index is 1.10. The van der Waals surface area contributed by atoms with Gasteiger partial charge in [0.05, 0.1) is 22.0 Å². The molecule has 3 aromatic carbocycles. The maximum Gasteiger partial charge on any atom is 0.264 e. The maximum absolute atomic E-state index is 13.7. The third-order valence-corrected chi connectivity index (χ3v) is 11.5. The van der Waals surface area contributed by atoms with E-state index in [0.29, 0.717) is 30.0 Å². The monoisotopic (exact) mass is 694 g/mol. The molecule has 1 heterocycles. The molecule has 16 heteroatoms. The molecule has 4 aliphatic rings. The van der Waals surface area contributed by atoms with Crippen molar-refractivity contribution in [3.8, 4) is 11.5 Å². The minimum atomic E-state index is -4.29. The van der Waals surface area contributed by atoms with Crippen LogP contribution in [0.25, 0.3) is 0 Å². The number of halogens is 2. The van der Waals surface area contributed by atoms with Gasteiger partial charge in [-0.1, -0.05) is 23.2 Å². The van der Waals surface area contributed by atoms with Gasteiger partial charge in [-0.05, 0) is 92.4 Å². The number of aryl methyl sites for hydroxylation is 1. The topological polar surface area (TPSA) is 174 Å². The summed E-state index contributed by atoms with van der Waals surface area (Å²) in [5, 5.41) is 12.0. The predicted molar refractivity (Wildman–Crippen MR) is 165 cm³/mol. The van der Waals surface area contributed by atoms with Gasteiger partial charge in [0.15, 0.2) is 12.7 Å². The van der Waals surface area contributed by atoms with Crippen molar-refractivity contribution in [2.24, 2.45) is 5.14 Å². The lowest BCUT2D eigenvalue weighted by Gasteiger charge is -2.70. The van der Waals surface area contributed by atoms with Crippen molar-refractivity contribution in [3.05, 3.63) is 76.3 Å². The molecule has 2 amide bonds. The summed E-state index contributed by atoms with van der Waals surface area (Å²) in [6, 6.07) is 14.0. The molecule has 12 nitrogen and oxygen atoms in total. The number of carbonyl (C=O) groups is 2. The van der Waals surface area contributed by atoms with E-state index >= 15 is 0 Å². The molecule has 238 valence electrons. The second kappa shape index (κ2) is 11.1. The fourth-order valence-corrected chi connectivity index (χ4v) is 8.37. The van der Waals surface area contributed by atoms with Crippen LogP contribution in [-0.2, 0) is 29.6 Å². The Morgan fingerprint density at radius 3 is 2.24 bits per heavy atom. The van der Waals surface area contributed by atoms with Crippen molar-refractivity contribution in [1.82, 2.24) is 10.6 Å². The highest BCUT2D eigenvalue weighted by Crippen LogP contribution is 2.60. The van der Waals surface area contributed by atoms with Gasteiger partial charge in [-0.3, -0.25) is 13.9 Å². The molecule has 7 rings (SSSR count). The van der Waals surface area contributed by atoms with Crippen LogP contribution >= 0.6 is 23.2 Å². The quantitative estimate of drug-likeness (QED) is 0.307. The van der Waals surface area contributed by atoms with Gasteiger partial charge in [-0.15, -0.1) is 0 Å². The molecule has 45 heavy (non-hydrogen) atoms. The van der Waals surface area contributed by atoms with Crippen molar-refractivity contribution < 1.29 is 35.9 Å². The van der Waals surface area contributed by atoms with Gasteiger partial charge in [0.1, 0.15) is 11.5 Å². The number of primary sulfonamides is 1. The van der Waals surface area contributed by atoms with E-state index < -0.39 is 43.1 Å². The van der Waals surface area contributed by atoms with E-state index in [9.17, 15) is 26.4 Å². The molecule has 3 fully saturated rings.